The van der Waals surface area contributed by atoms with Crippen LogP contribution in [0.2, 0.25) is 0 Å². The van der Waals surface area contributed by atoms with E-state index in [0.717, 1.165) is 30.5 Å². The lowest BCUT2D eigenvalue weighted by Crippen LogP contribution is -2.44. The van der Waals surface area contributed by atoms with Crippen LogP contribution in [0.3, 0.4) is 0 Å². The smallest absolute Gasteiger partial charge is 0.238 e. The van der Waals surface area contributed by atoms with E-state index < -0.39 is 0 Å². The summed E-state index contributed by atoms with van der Waals surface area (Å²) in [4.78, 5) is 14.7. The van der Waals surface area contributed by atoms with E-state index in [4.69, 9.17) is 0 Å². The molecule has 1 saturated heterocycles. The Hall–Kier alpha value is -0.480. The fraction of sp³-hybridized carbons (Fsp3) is 0.533. The SMILES string of the molecule is CC1(C(=O)N(CCBr)Cc2ccccc2)CCCS1. The molecule has 1 aliphatic heterocycles. The first-order valence-electron chi connectivity index (χ1n) is 6.69. The van der Waals surface area contributed by atoms with Crippen molar-refractivity contribution in [2.24, 2.45) is 0 Å². The van der Waals surface area contributed by atoms with E-state index >= 15 is 0 Å². The third-order valence-electron chi connectivity index (χ3n) is 3.53. The molecule has 1 amide bonds. The predicted octanol–water partition coefficient (Wildman–Crippen LogP) is 3.70. The van der Waals surface area contributed by atoms with E-state index in [9.17, 15) is 4.79 Å². The van der Waals surface area contributed by atoms with Gasteiger partial charge in [0.05, 0.1) is 4.75 Å². The number of benzene rings is 1. The van der Waals surface area contributed by atoms with Gasteiger partial charge < -0.3 is 4.90 Å². The number of alkyl halides is 1. The Morgan fingerprint density at radius 1 is 1.42 bits per heavy atom. The van der Waals surface area contributed by atoms with Gasteiger partial charge in [0.1, 0.15) is 0 Å². The number of carbonyl (C=O) groups excluding carboxylic acids is 1. The zero-order valence-corrected chi connectivity index (χ0v) is 13.7. The van der Waals surface area contributed by atoms with Crippen molar-refractivity contribution in [3.05, 3.63) is 35.9 Å². The van der Waals surface area contributed by atoms with Crippen LogP contribution >= 0.6 is 27.7 Å². The van der Waals surface area contributed by atoms with Crippen LogP contribution in [-0.4, -0.2) is 33.2 Å². The van der Waals surface area contributed by atoms with Gasteiger partial charge in [0.2, 0.25) is 5.91 Å². The fourth-order valence-corrected chi connectivity index (χ4v) is 4.15. The summed E-state index contributed by atoms with van der Waals surface area (Å²) in [7, 11) is 0. The van der Waals surface area contributed by atoms with Gasteiger partial charge in [-0.15, -0.1) is 11.8 Å². The minimum Gasteiger partial charge on any atom is -0.336 e. The standard InChI is InChI=1S/C15H20BrNOS/c1-15(8-5-11-19-15)14(18)17(10-9-16)12-13-6-3-2-4-7-13/h2-4,6-7H,5,8-12H2,1H3. The van der Waals surface area contributed by atoms with E-state index in [0.29, 0.717) is 12.5 Å². The maximum atomic E-state index is 12.7. The first-order valence-corrected chi connectivity index (χ1v) is 8.80. The first-order chi connectivity index (χ1) is 9.15. The molecule has 1 heterocycles. The average Bonchev–Trinajstić information content (AvgIpc) is 2.87. The molecule has 1 aliphatic rings. The van der Waals surface area contributed by atoms with Crippen molar-refractivity contribution in [1.82, 2.24) is 4.90 Å². The Bertz CT molecular complexity index is 417. The lowest BCUT2D eigenvalue weighted by molar-refractivity contribution is -0.133. The Balaban J connectivity index is 2.09. The lowest BCUT2D eigenvalue weighted by atomic mass is 10.0. The van der Waals surface area contributed by atoms with Gasteiger partial charge >= 0.3 is 0 Å². The molecule has 0 saturated carbocycles. The fourth-order valence-electron chi connectivity index (χ4n) is 2.44. The Morgan fingerprint density at radius 3 is 2.74 bits per heavy atom. The molecule has 2 nitrogen and oxygen atoms in total. The Kier molecular flexibility index (Phi) is 5.34. The molecule has 0 spiro atoms. The molecule has 104 valence electrons. The second kappa shape index (κ2) is 6.80. The highest BCUT2D eigenvalue weighted by Crippen LogP contribution is 2.39. The first kappa shape index (κ1) is 14.9. The van der Waals surface area contributed by atoms with E-state index in [1.54, 1.807) is 0 Å². The Morgan fingerprint density at radius 2 is 2.16 bits per heavy atom. The third kappa shape index (κ3) is 3.76. The zero-order chi connectivity index (χ0) is 13.7. The summed E-state index contributed by atoms with van der Waals surface area (Å²) in [5.41, 5.74) is 1.20. The maximum Gasteiger partial charge on any atom is 0.238 e. The normalized spacial score (nSPS) is 22.4. The highest BCUT2D eigenvalue weighted by molar-refractivity contribution is 9.09. The molecule has 19 heavy (non-hydrogen) atoms. The number of halogens is 1. The summed E-state index contributed by atoms with van der Waals surface area (Å²) in [5.74, 6) is 1.40. The van der Waals surface area contributed by atoms with E-state index in [1.807, 2.05) is 34.9 Å². The van der Waals surface area contributed by atoms with Crippen LogP contribution < -0.4 is 0 Å². The number of hydrogen-bond donors (Lipinski definition) is 0. The number of hydrogen-bond acceptors (Lipinski definition) is 2. The molecule has 2 rings (SSSR count). The van der Waals surface area contributed by atoms with E-state index in [2.05, 4.69) is 35.0 Å². The van der Waals surface area contributed by atoms with Crippen molar-refractivity contribution in [3.8, 4) is 0 Å². The second-order valence-electron chi connectivity index (χ2n) is 5.08. The molecule has 0 N–H and O–H groups in total. The van der Waals surface area contributed by atoms with Crippen molar-refractivity contribution in [3.63, 3.8) is 0 Å². The zero-order valence-electron chi connectivity index (χ0n) is 11.3. The van der Waals surface area contributed by atoms with Crippen LogP contribution in [0.15, 0.2) is 30.3 Å². The molecule has 0 aliphatic carbocycles. The molecule has 0 radical (unpaired) electrons. The molecular formula is C15H20BrNOS. The molecule has 1 aromatic rings. The minimum absolute atomic E-state index is 0.211. The number of nitrogens with zero attached hydrogens (tertiary/aromatic N) is 1. The monoisotopic (exact) mass is 341 g/mol. The van der Waals surface area contributed by atoms with Gasteiger partial charge in [-0.1, -0.05) is 46.3 Å². The molecule has 0 bridgehead atoms. The van der Waals surface area contributed by atoms with Crippen molar-refractivity contribution >= 4 is 33.6 Å². The molecule has 1 aromatic carbocycles. The second-order valence-corrected chi connectivity index (χ2v) is 7.48. The summed E-state index contributed by atoms with van der Waals surface area (Å²) in [6.07, 6.45) is 2.16. The molecule has 1 atom stereocenters. The van der Waals surface area contributed by atoms with Gasteiger partial charge in [-0.2, -0.15) is 0 Å². The highest BCUT2D eigenvalue weighted by Gasteiger charge is 2.39. The number of carbonyl (C=O) groups is 1. The van der Waals surface area contributed by atoms with E-state index in [-0.39, 0.29) is 4.75 Å². The van der Waals surface area contributed by atoms with Crippen molar-refractivity contribution < 1.29 is 4.79 Å². The van der Waals surface area contributed by atoms with Crippen molar-refractivity contribution in [2.45, 2.75) is 31.1 Å². The molecule has 1 unspecified atom stereocenters. The number of thioether (sulfide) groups is 1. The number of amides is 1. The quantitative estimate of drug-likeness (QED) is 0.761. The van der Waals surface area contributed by atoms with Crippen LogP contribution in [0, 0.1) is 0 Å². The highest BCUT2D eigenvalue weighted by atomic mass is 79.9. The molecule has 0 aromatic heterocycles. The van der Waals surface area contributed by atoms with Gasteiger partial charge in [-0.25, -0.2) is 0 Å². The van der Waals surface area contributed by atoms with Crippen molar-refractivity contribution in [2.75, 3.05) is 17.6 Å². The summed E-state index contributed by atoms with van der Waals surface area (Å²) < 4.78 is -0.211. The van der Waals surface area contributed by atoms with Gasteiger partial charge in [0.15, 0.2) is 0 Å². The molecular weight excluding hydrogens is 322 g/mol. The number of rotatable bonds is 5. The lowest BCUT2D eigenvalue weighted by Gasteiger charge is -2.31. The van der Waals surface area contributed by atoms with Crippen LogP contribution in [0.1, 0.15) is 25.3 Å². The van der Waals surface area contributed by atoms with Crippen LogP contribution in [0.25, 0.3) is 0 Å². The largest absolute Gasteiger partial charge is 0.336 e. The Labute approximate surface area is 128 Å². The summed E-state index contributed by atoms with van der Waals surface area (Å²) in [6, 6.07) is 10.2. The van der Waals surface area contributed by atoms with Crippen molar-refractivity contribution in [1.29, 1.82) is 0 Å². The minimum atomic E-state index is -0.211. The average molecular weight is 342 g/mol. The van der Waals surface area contributed by atoms with Crippen LogP contribution in [0.4, 0.5) is 0 Å². The van der Waals surface area contributed by atoms with Gasteiger partial charge in [0.25, 0.3) is 0 Å². The van der Waals surface area contributed by atoms with Gasteiger partial charge in [-0.3, -0.25) is 4.79 Å². The maximum absolute atomic E-state index is 12.7. The summed E-state index contributed by atoms with van der Waals surface area (Å²) in [5, 5.41) is 0.826. The third-order valence-corrected chi connectivity index (χ3v) is 5.39. The van der Waals surface area contributed by atoms with Crippen LogP contribution in [-0.2, 0) is 11.3 Å². The predicted molar refractivity (Wildman–Crippen MR) is 85.8 cm³/mol. The summed E-state index contributed by atoms with van der Waals surface area (Å²) in [6.45, 7) is 3.57. The van der Waals surface area contributed by atoms with Gasteiger partial charge in [-0.05, 0) is 31.1 Å². The van der Waals surface area contributed by atoms with Crippen LogP contribution in [0.5, 0.6) is 0 Å². The van der Waals surface area contributed by atoms with Gasteiger partial charge in [0, 0.05) is 18.4 Å². The van der Waals surface area contributed by atoms with E-state index in [1.165, 1.54) is 5.56 Å². The summed E-state index contributed by atoms with van der Waals surface area (Å²) >= 11 is 5.27. The molecule has 1 fully saturated rings. The topological polar surface area (TPSA) is 20.3 Å². The molecule has 4 heteroatoms.